The van der Waals surface area contributed by atoms with Crippen LogP contribution in [0.1, 0.15) is 9.75 Å². The van der Waals surface area contributed by atoms with E-state index in [0.717, 1.165) is 0 Å². The standard InChI is InChI=1S/2C4H5NS.K/c2*1-4-2-5-3-6-4;/h2*2-3H,1H3;/q;;+1. The van der Waals surface area contributed by atoms with Gasteiger partial charge < -0.3 is 0 Å². The van der Waals surface area contributed by atoms with Crippen molar-refractivity contribution >= 4 is 22.7 Å². The minimum Gasteiger partial charge on any atom is -0.253 e. The summed E-state index contributed by atoms with van der Waals surface area (Å²) in [6.07, 6.45) is 3.70. The Morgan fingerprint density at radius 3 is 1.38 bits per heavy atom. The molecule has 0 aliphatic rings. The summed E-state index contributed by atoms with van der Waals surface area (Å²) in [5.74, 6) is 0. The van der Waals surface area contributed by atoms with Gasteiger partial charge in [-0.2, -0.15) is 0 Å². The van der Waals surface area contributed by atoms with Crippen LogP contribution in [0.25, 0.3) is 0 Å². The molecule has 0 bridgehead atoms. The van der Waals surface area contributed by atoms with Crippen LogP contribution in [0.3, 0.4) is 0 Å². The van der Waals surface area contributed by atoms with Crippen LogP contribution in [0.4, 0.5) is 0 Å². The van der Waals surface area contributed by atoms with Crippen molar-refractivity contribution in [3.8, 4) is 0 Å². The summed E-state index contributed by atoms with van der Waals surface area (Å²) in [6, 6.07) is 0. The van der Waals surface area contributed by atoms with E-state index in [4.69, 9.17) is 0 Å². The smallest absolute Gasteiger partial charge is 0.253 e. The molecule has 0 spiro atoms. The van der Waals surface area contributed by atoms with E-state index in [9.17, 15) is 0 Å². The summed E-state index contributed by atoms with van der Waals surface area (Å²) in [5.41, 5.74) is 3.66. The first-order valence-corrected chi connectivity index (χ1v) is 5.25. The Kier molecular flexibility index (Phi) is 8.79. The molecule has 2 aromatic heterocycles. The van der Waals surface area contributed by atoms with E-state index in [1.54, 1.807) is 22.7 Å². The largest absolute Gasteiger partial charge is 1.00 e. The Morgan fingerprint density at radius 1 is 0.923 bits per heavy atom. The molecule has 0 aliphatic heterocycles. The third kappa shape index (κ3) is 6.90. The molecule has 0 fully saturated rings. The summed E-state index contributed by atoms with van der Waals surface area (Å²) >= 11 is 3.33. The fourth-order valence-corrected chi connectivity index (χ4v) is 1.38. The molecule has 0 aliphatic carbocycles. The predicted octanol–water partition coefficient (Wildman–Crippen LogP) is -0.0930. The molecule has 0 amide bonds. The molecular formula is C8H10KN2S2+. The molecule has 0 saturated carbocycles. The van der Waals surface area contributed by atoms with E-state index in [1.807, 2.05) is 37.3 Å². The molecule has 2 nitrogen and oxygen atoms in total. The SMILES string of the molecule is Cc1cncs1.Cc1cncs1.[K+]. The third-order valence-electron chi connectivity index (χ3n) is 1.11. The zero-order chi connectivity index (χ0) is 8.81. The van der Waals surface area contributed by atoms with Crippen molar-refractivity contribution < 1.29 is 51.4 Å². The van der Waals surface area contributed by atoms with Crippen LogP contribution < -0.4 is 51.4 Å². The van der Waals surface area contributed by atoms with E-state index in [0.29, 0.717) is 0 Å². The van der Waals surface area contributed by atoms with Gasteiger partial charge in [0.05, 0.1) is 11.0 Å². The van der Waals surface area contributed by atoms with Crippen molar-refractivity contribution in [2.45, 2.75) is 13.8 Å². The van der Waals surface area contributed by atoms with Gasteiger partial charge in [-0.05, 0) is 13.8 Å². The summed E-state index contributed by atoms with van der Waals surface area (Å²) in [7, 11) is 0. The summed E-state index contributed by atoms with van der Waals surface area (Å²) in [6.45, 7) is 4.08. The number of aromatic nitrogens is 2. The Hall–Kier alpha value is 0.896. The van der Waals surface area contributed by atoms with Crippen molar-refractivity contribution in [3.05, 3.63) is 33.2 Å². The number of aryl methyl sites for hydroxylation is 2. The minimum absolute atomic E-state index is 0. The number of hydrogen-bond donors (Lipinski definition) is 0. The quantitative estimate of drug-likeness (QED) is 0.598. The van der Waals surface area contributed by atoms with Crippen molar-refractivity contribution in [3.63, 3.8) is 0 Å². The molecule has 0 radical (unpaired) electrons. The number of hydrogen-bond acceptors (Lipinski definition) is 4. The summed E-state index contributed by atoms with van der Waals surface area (Å²) in [5, 5.41) is 0. The monoisotopic (exact) mass is 237 g/mol. The molecule has 0 saturated heterocycles. The van der Waals surface area contributed by atoms with Gasteiger partial charge in [0, 0.05) is 22.1 Å². The number of thiazole rings is 2. The van der Waals surface area contributed by atoms with Gasteiger partial charge in [-0.15, -0.1) is 22.7 Å². The Bertz CT molecular complexity index is 260. The van der Waals surface area contributed by atoms with Gasteiger partial charge in [0.1, 0.15) is 0 Å². The molecule has 0 unspecified atom stereocenters. The average Bonchev–Trinajstić information content (AvgIpc) is 2.63. The van der Waals surface area contributed by atoms with Gasteiger partial charge in [-0.1, -0.05) is 0 Å². The molecule has 5 heteroatoms. The van der Waals surface area contributed by atoms with E-state index < -0.39 is 0 Å². The van der Waals surface area contributed by atoms with Crippen LogP contribution in [-0.2, 0) is 0 Å². The maximum Gasteiger partial charge on any atom is 1.00 e. The van der Waals surface area contributed by atoms with Crippen LogP contribution in [0.2, 0.25) is 0 Å². The molecule has 2 rings (SSSR count). The first-order valence-electron chi connectivity index (χ1n) is 3.49. The maximum absolute atomic E-state index is 3.84. The van der Waals surface area contributed by atoms with Crippen molar-refractivity contribution in [2.24, 2.45) is 0 Å². The number of rotatable bonds is 0. The van der Waals surface area contributed by atoms with Crippen LogP contribution in [0, 0.1) is 13.8 Å². The number of nitrogens with zero attached hydrogens (tertiary/aromatic N) is 2. The van der Waals surface area contributed by atoms with Crippen molar-refractivity contribution in [1.29, 1.82) is 0 Å². The van der Waals surface area contributed by atoms with Gasteiger partial charge >= 0.3 is 51.4 Å². The van der Waals surface area contributed by atoms with E-state index >= 15 is 0 Å². The second-order valence-electron chi connectivity index (χ2n) is 2.22. The molecule has 13 heavy (non-hydrogen) atoms. The maximum atomic E-state index is 3.84. The fourth-order valence-electron chi connectivity index (χ4n) is 0.559. The van der Waals surface area contributed by atoms with Crippen LogP contribution >= 0.6 is 22.7 Å². The van der Waals surface area contributed by atoms with Crippen molar-refractivity contribution in [2.75, 3.05) is 0 Å². The van der Waals surface area contributed by atoms with Crippen LogP contribution in [-0.4, -0.2) is 9.97 Å². The molecule has 2 aromatic rings. The second kappa shape index (κ2) is 8.22. The Labute approximate surface area is 129 Å². The zero-order valence-corrected chi connectivity index (χ0v) is 12.8. The second-order valence-corrected chi connectivity index (χ2v) is 4.41. The first-order chi connectivity index (χ1) is 5.79. The summed E-state index contributed by atoms with van der Waals surface area (Å²) < 4.78 is 0. The van der Waals surface area contributed by atoms with Crippen molar-refractivity contribution in [1.82, 2.24) is 9.97 Å². The summed E-state index contributed by atoms with van der Waals surface area (Å²) in [4.78, 5) is 10.2. The normalized spacial score (nSPS) is 8.15. The molecular weight excluding hydrogens is 227 g/mol. The molecule has 2 heterocycles. The minimum atomic E-state index is 0. The first kappa shape index (κ1) is 13.9. The van der Waals surface area contributed by atoms with Crippen LogP contribution in [0.15, 0.2) is 23.4 Å². The molecule has 64 valence electrons. The Balaban J connectivity index is 0.000000206. The predicted molar refractivity (Wildman–Crippen MR) is 53.7 cm³/mol. The van der Waals surface area contributed by atoms with Gasteiger partial charge in [-0.3, -0.25) is 9.97 Å². The van der Waals surface area contributed by atoms with Gasteiger partial charge in [-0.25, -0.2) is 0 Å². The van der Waals surface area contributed by atoms with Crippen LogP contribution in [0.5, 0.6) is 0 Å². The van der Waals surface area contributed by atoms with Gasteiger partial charge in [0.2, 0.25) is 0 Å². The van der Waals surface area contributed by atoms with E-state index in [2.05, 4.69) is 9.97 Å². The van der Waals surface area contributed by atoms with E-state index in [1.165, 1.54) is 9.75 Å². The molecule has 0 atom stereocenters. The van der Waals surface area contributed by atoms with Gasteiger partial charge in [0.15, 0.2) is 0 Å². The third-order valence-corrected chi connectivity index (χ3v) is 2.52. The Morgan fingerprint density at radius 2 is 1.31 bits per heavy atom. The van der Waals surface area contributed by atoms with E-state index in [-0.39, 0.29) is 51.4 Å². The molecule has 0 aromatic carbocycles. The average molecular weight is 237 g/mol. The zero-order valence-electron chi connectivity index (χ0n) is 8.02. The van der Waals surface area contributed by atoms with Gasteiger partial charge in [0.25, 0.3) is 0 Å². The topological polar surface area (TPSA) is 25.8 Å². The fraction of sp³-hybridized carbons (Fsp3) is 0.250. The molecule has 0 N–H and O–H groups in total.